The first kappa shape index (κ1) is 10.2. The van der Waals surface area contributed by atoms with Crippen molar-refractivity contribution in [1.82, 2.24) is 5.32 Å². The highest BCUT2D eigenvalue weighted by Crippen LogP contribution is 2.02. The van der Waals surface area contributed by atoms with Crippen LogP contribution in [0.25, 0.3) is 0 Å². The molecule has 0 aromatic carbocycles. The van der Waals surface area contributed by atoms with Crippen LogP contribution in [0.3, 0.4) is 0 Å². The van der Waals surface area contributed by atoms with Gasteiger partial charge in [-0.1, -0.05) is 0 Å². The number of rotatable bonds is 4. The molecule has 0 rings (SSSR count). The zero-order chi connectivity index (χ0) is 8.85. The van der Waals surface area contributed by atoms with Crippen molar-refractivity contribution in [2.24, 2.45) is 5.73 Å². The van der Waals surface area contributed by atoms with Crippen LogP contribution in [0.15, 0.2) is 0 Å². The van der Waals surface area contributed by atoms with Gasteiger partial charge < -0.3 is 11.1 Å². The maximum Gasteiger partial charge on any atom is 0.271 e. The molecule has 3 N–H and O–H groups in total. The zero-order valence-corrected chi connectivity index (χ0v) is 5.69. The molecule has 0 bridgehead atoms. The maximum absolute atomic E-state index is 12.0. The van der Waals surface area contributed by atoms with Crippen LogP contribution < -0.4 is 11.1 Å². The molecule has 0 radical (unpaired) electrons. The number of nitrogens with two attached hydrogens (primary N) is 1. The van der Waals surface area contributed by atoms with Gasteiger partial charge in [0.05, 0.1) is 13.1 Å². The second-order valence-electron chi connectivity index (χ2n) is 1.86. The van der Waals surface area contributed by atoms with Gasteiger partial charge in [0, 0.05) is 0 Å². The van der Waals surface area contributed by atoms with E-state index >= 15 is 0 Å². The third-order valence-electron chi connectivity index (χ3n) is 0.953. The average Bonchev–Trinajstić information content (AvgIpc) is 1.99. The summed E-state index contributed by atoms with van der Waals surface area (Å²) in [4.78, 5) is 10.3. The first-order valence-corrected chi connectivity index (χ1v) is 2.97. The van der Waals surface area contributed by atoms with E-state index in [9.17, 15) is 18.0 Å². The lowest BCUT2D eigenvalue weighted by atomic mass is 10.4. The molecule has 0 fully saturated rings. The number of carbonyl (C=O) groups excluding carboxylic acids is 1. The third-order valence-corrected chi connectivity index (χ3v) is 0.953. The Morgan fingerprint density at radius 2 is 2.00 bits per heavy atom. The molecule has 0 aliphatic carbocycles. The third kappa shape index (κ3) is 4.60. The van der Waals surface area contributed by atoms with E-state index < -0.39 is 25.0 Å². The Morgan fingerprint density at radius 3 is 2.36 bits per heavy atom. The van der Waals surface area contributed by atoms with Crippen LogP contribution in [0.2, 0.25) is 0 Å². The molecule has 3 nitrogen and oxygen atoms in total. The molecule has 1 amide bonds. The molecule has 6 heteroatoms. The van der Waals surface area contributed by atoms with Crippen molar-refractivity contribution in [2.75, 3.05) is 13.1 Å². The van der Waals surface area contributed by atoms with Gasteiger partial charge in [-0.3, -0.25) is 4.79 Å². The number of hydrogen-bond donors (Lipinski definition) is 2. The standard InChI is InChI=1S/C5H9F3N2O/c6-3(5(7)8)2-10-4(11)1-9/h3,5H,1-2,9H2,(H,10,11). The largest absolute Gasteiger partial charge is 0.352 e. The van der Waals surface area contributed by atoms with E-state index in [4.69, 9.17) is 5.73 Å². The minimum absolute atomic E-state index is 0.323. The summed E-state index contributed by atoms with van der Waals surface area (Å²) in [5.41, 5.74) is 4.81. The summed E-state index contributed by atoms with van der Waals surface area (Å²) in [6.07, 6.45) is -5.38. The number of alkyl halides is 3. The summed E-state index contributed by atoms with van der Waals surface area (Å²) in [6.45, 7) is -1.01. The fraction of sp³-hybridized carbons (Fsp3) is 0.800. The minimum atomic E-state index is -3.06. The van der Waals surface area contributed by atoms with E-state index in [0.29, 0.717) is 0 Å². The maximum atomic E-state index is 12.0. The predicted molar refractivity (Wildman–Crippen MR) is 33.0 cm³/mol. The monoisotopic (exact) mass is 170 g/mol. The van der Waals surface area contributed by atoms with Gasteiger partial charge in [0.15, 0.2) is 6.17 Å². The van der Waals surface area contributed by atoms with Gasteiger partial charge in [-0.2, -0.15) is 0 Å². The fourth-order valence-corrected chi connectivity index (χ4v) is 0.373. The number of carbonyl (C=O) groups is 1. The molecular formula is C5H9F3N2O. The highest BCUT2D eigenvalue weighted by Gasteiger charge is 2.18. The second-order valence-corrected chi connectivity index (χ2v) is 1.86. The second kappa shape index (κ2) is 4.95. The van der Waals surface area contributed by atoms with Crippen LogP contribution in [0.5, 0.6) is 0 Å². The Morgan fingerprint density at radius 1 is 1.45 bits per heavy atom. The van der Waals surface area contributed by atoms with E-state index in [0.717, 1.165) is 0 Å². The molecule has 0 saturated heterocycles. The Balaban J connectivity index is 3.45. The van der Waals surface area contributed by atoms with Gasteiger partial charge in [-0.25, -0.2) is 13.2 Å². The quantitative estimate of drug-likeness (QED) is 0.606. The molecule has 0 saturated carbocycles. The van der Waals surface area contributed by atoms with Crippen LogP contribution in [-0.4, -0.2) is 31.6 Å². The molecule has 1 atom stereocenters. The number of amides is 1. The van der Waals surface area contributed by atoms with E-state index in [-0.39, 0.29) is 6.54 Å². The highest BCUT2D eigenvalue weighted by molar-refractivity contribution is 5.77. The van der Waals surface area contributed by atoms with Crippen LogP contribution in [0.4, 0.5) is 13.2 Å². The average molecular weight is 170 g/mol. The van der Waals surface area contributed by atoms with E-state index in [1.807, 2.05) is 5.32 Å². The van der Waals surface area contributed by atoms with Crippen molar-refractivity contribution in [1.29, 1.82) is 0 Å². The van der Waals surface area contributed by atoms with E-state index in [1.54, 1.807) is 0 Å². The highest BCUT2D eigenvalue weighted by atomic mass is 19.3. The van der Waals surface area contributed by atoms with Crippen LogP contribution in [0.1, 0.15) is 0 Å². The van der Waals surface area contributed by atoms with Crippen LogP contribution in [0, 0.1) is 0 Å². The first-order chi connectivity index (χ1) is 5.07. The Labute approximate surface area is 61.7 Å². The number of halogens is 3. The van der Waals surface area contributed by atoms with Gasteiger partial charge in [0.1, 0.15) is 0 Å². The van der Waals surface area contributed by atoms with Gasteiger partial charge >= 0.3 is 0 Å². The molecule has 0 aliphatic rings. The zero-order valence-electron chi connectivity index (χ0n) is 5.69. The lowest BCUT2D eigenvalue weighted by molar-refractivity contribution is -0.120. The SMILES string of the molecule is NCC(=O)NCC(F)C(F)F. The van der Waals surface area contributed by atoms with Crippen molar-refractivity contribution < 1.29 is 18.0 Å². The van der Waals surface area contributed by atoms with E-state index in [2.05, 4.69) is 0 Å². The molecule has 0 aromatic heterocycles. The van der Waals surface area contributed by atoms with Crippen molar-refractivity contribution in [3.63, 3.8) is 0 Å². The number of hydrogen-bond acceptors (Lipinski definition) is 2. The molecule has 11 heavy (non-hydrogen) atoms. The summed E-state index contributed by atoms with van der Waals surface area (Å²) < 4.78 is 34.9. The Bertz CT molecular complexity index is 131. The molecule has 0 spiro atoms. The lowest BCUT2D eigenvalue weighted by Gasteiger charge is -2.06. The first-order valence-electron chi connectivity index (χ1n) is 2.97. The Kier molecular flexibility index (Phi) is 4.60. The van der Waals surface area contributed by atoms with Crippen molar-refractivity contribution in [3.8, 4) is 0 Å². The number of nitrogens with one attached hydrogen (secondary N) is 1. The van der Waals surface area contributed by atoms with Gasteiger partial charge in [0.2, 0.25) is 5.91 Å². The van der Waals surface area contributed by atoms with Gasteiger partial charge in [0.25, 0.3) is 6.43 Å². The van der Waals surface area contributed by atoms with Crippen LogP contribution in [-0.2, 0) is 4.79 Å². The minimum Gasteiger partial charge on any atom is -0.352 e. The molecule has 0 aromatic rings. The molecule has 0 heterocycles. The molecular weight excluding hydrogens is 161 g/mol. The topological polar surface area (TPSA) is 55.1 Å². The van der Waals surface area contributed by atoms with Crippen molar-refractivity contribution >= 4 is 5.91 Å². The van der Waals surface area contributed by atoms with Gasteiger partial charge in [-0.05, 0) is 0 Å². The summed E-state index contributed by atoms with van der Waals surface area (Å²) in [7, 11) is 0. The van der Waals surface area contributed by atoms with Crippen molar-refractivity contribution in [2.45, 2.75) is 12.6 Å². The summed E-state index contributed by atoms with van der Waals surface area (Å²) in [5.74, 6) is -0.645. The fourth-order valence-electron chi connectivity index (χ4n) is 0.373. The van der Waals surface area contributed by atoms with Crippen LogP contribution >= 0.6 is 0 Å². The summed E-state index contributed by atoms with van der Waals surface area (Å²) >= 11 is 0. The summed E-state index contributed by atoms with van der Waals surface area (Å²) in [5, 5.41) is 1.89. The van der Waals surface area contributed by atoms with Gasteiger partial charge in [-0.15, -0.1) is 0 Å². The van der Waals surface area contributed by atoms with E-state index in [1.165, 1.54) is 0 Å². The molecule has 1 unspecified atom stereocenters. The normalized spacial score (nSPS) is 13.2. The summed E-state index contributed by atoms with van der Waals surface area (Å²) in [6, 6.07) is 0. The molecule has 66 valence electrons. The molecule has 0 aliphatic heterocycles. The lowest BCUT2D eigenvalue weighted by Crippen LogP contribution is -2.37. The smallest absolute Gasteiger partial charge is 0.271 e. The predicted octanol–water partition coefficient (Wildman–Crippen LogP) is -0.336. The Hall–Kier alpha value is -0.780. The van der Waals surface area contributed by atoms with Crippen molar-refractivity contribution in [3.05, 3.63) is 0 Å².